The van der Waals surface area contributed by atoms with Crippen LogP contribution in [0.25, 0.3) is 0 Å². The van der Waals surface area contributed by atoms with Gasteiger partial charge < -0.3 is 13.9 Å². The van der Waals surface area contributed by atoms with E-state index < -0.39 is 5.92 Å². The van der Waals surface area contributed by atoms with Crippen LogP contribution in [0.2, 0.25) is 0 Å². The van der Waals surface area contributed by atoms with Gasteiger partial charge in [0.1, 0.15) is 17.4 Å². The predicted octanol–water partition coefficient (Wildman–Crippen LogP) is 2.71. The third-order valence-corrected chi connectivity index (χ3v) is 3.00. The Morgan fingerprint density at radius 1 is 1.15 bits per heavy atom. The molecule has 0 saturated carbocycles. The molecule has 6 nitrogen and oxygen atoms in total. The first-order valence-electron chi connectivity index (χ1n) is 6.03. The molecule has 0 unspecified atom stereocenters. The molecule has 0 aliphatic heterocycles. The first kappa shape index (κ1) is 13.9. The van der Waals surface area contributed by atoms with Crippen LogP contribution in [0.3, 0.4) is 0 Å². The highest BCUT2D eigenvalue weighted by molar-refractivity contribution is 5.34. The van der Waals surface area contributed by atoms with E-state index in [2.05, 4.69) is 0 Å². The third kappa shape index (κ3) is 3.09. The largest absolute Gasteiger partial charge is 0.497 e. The second-order valence-corrected chi connectivity index (χ2v) is 4.20. The van der Waals surface area contributed by atoms with Crippen molar-refractivity contribution >= 4 is 0 Å². The van der Waals surface area contributed by atoms with E-state index in [1.165, 1.54) is 7.11 Å². The maximum atomic E-state index is 10.9. The number of methoxy groups -OCH3 is 2. The van der Waals surface area contributed by atoms with Crippen LogP contribution in [-0.4, -0.2) is 25.7 Å². The summed E-state index contributed by atoms with van der Waals surface area (Å²) in [5, 5.41) is 10.9. The maximum Gasteiger partial charge on any atom is 0.284 e. The average molecular weight is 277 g/mol. The van der Waals surface area contributed by atoms with Crippen molar-refractivity contribution in [3.8, 4) is 11.7 Å². The minimum Gasteiger partial charge on any atom is -0.497 e. The lowest BCUT2D eigenvalue weighted by Gasteiger charge is -2.11. The Kier molecular flexibility index (Phi) is 4.24. The SMILES string of the molecule is COc1ccc([C@H](C[N+](=O)[O-])c2ccc(OC)o2)cc1. The molecule has 0 N–H and O–H groups in total. The Bertz CT molecular complexity index is 576. The van der Waals surface area contributed by atoms with Gasteiger partial charge in [0.15, 0.2) is 0 Å². The zero-order valence-corrected chi connectivity index (χ0v) is 11.2. The van der Waals surface area contributed by atoms with Crippen molar-refractivity contribution in [2.24, 2.45) is 0 Å². The summed E-state index contributed by atoms with van der Waals surface area (Å²) in [6.45, 7) is -0.247. The topological polar surface area (TPSA) is 74.7 Å². The first-order valence-corrected chi connectivity index (χ1v) is 6.03. The van der Waals surface area contributed by atoms with E-state index in [0.717, 1.165) is 5.56 Å². The van der Waals surface area contributed by atoms with Crippen molar-refractivity contribution < 1.29 is 18.8 Å². The minimum atomic E-state index is -0.459. The molecule has 1 aromatic heterocycles. The predicted molar refractivity (Wildman–Crippen MR) is 72.0 cm³/mol. The molecule has 0 aliphatic rings. The second kappa shape index (κ2) is 6.10. The molecular formula is C14H15NO5. The molecule has 20 heavy (non-hydrogen) atoms. The Hall–Kier alpha value is -2.50. The summed E-state index contributed by atoms with van der Waals surface area (Å²) in [5.41, 5.74) is 0.791. The van der Waals surface area contributed by atoms with Gasteiger partial charge in [0.25, 0.3) is 5.95 Å². The van der Waals surface area contributed by atoms with E-state index in [0.29, 0.717) is 17.5 Å². The van der Waals surface area contributed by atoms with Gasteiger partial charge in [-0.15, -0.1) is 0 Å². The van der Waals surface area contributed by atoms with Crippen LogP contribution in [0, 0.1) is 10.1 Å². The van der Waals surface area contributed by atoms with Crippen molar-refractivity contribution in [2.45, 2.75) is 5.92 Å². The van der Waals surface area contributed by atoms with Gasteiger partial charge in [-0.25, -0.2) is 0 Å². The van der Waals surface area contributed by atoms with Crippen molar-refractivity contribution in [1.82, 2.24) is 0 Å². The highest BCUT2D eigenvalue weighted by Gasteiger charge is 2.24. The highest BCUT2D eigenvalue weighted by atomic mass is 16.6. The molecule has 0 bridgehead atoms. The van der Waals surface area contributed by atoms with Gasteiger partial charge in [0, 0.05) is 11.0 Å². The van der Waals surface area contributed by atoms with Crippen LogP contribution in [0.1, 0.15) is 17.2 Å². The Morgan fingerprint density at radius 2 is 1.85 bits per heavy atom. The highest BCUT2D eigenvalue weighted by Crippen LogP contribution is 2.30. The first-order chi connectivity index (χ1) is 9.63. The van der Waals surface area contributed by atoms with Gasteiger partial charge in [-0.3, -0.25) is 10.1 Å². The van der Waals surface area contributed by atoms with Crippen LogP contribution in [0.15, 0.2) is 40.8 Å². The van der Waals surface area contributed by atoms with Crippen molar-refractivity contribution in [3.05, 3.63) is 57.8 Å². The van der Waals surface area contributed by atoms with Crippen LogP contribution in [-0.2, 0) is 0 Å². The van der Waals surface area contributed by atoms with Crippen molar-refractivity contribution in [3.63, 3.8) is 0 Å². The van der Waals surface area contributed by atoms with Gasteiger partial charge >= 0.3 is 0 Å². The smallest absolute Gasteiger partial charge is 0.284 e. The number of ether oxygens (including phenoxy) is 2. The molecule has 106 valence electrons. The number of hydrogen-bond donors (Lipinski definition) is 0. The molecule has 0 amide bonds. The zero-order chi connectivity index (χ0) is 14.5. The molecule has 0 radical (unpaired) electrons. The molecule has 1 aromatic carbocycles. The summed E-state index contributed by atoms with van der Waals surface area (Å²) >= 11 is 0. The van der Waals surface area contributed by atoms with Gasteiger partial charge in [-0.1, -0.05) is 12.1 Å². The second-order valence-electron chi connectivity index (χ2n) is 4.20. The van der Waals surface area contributed by atoms with Crippen molar-refractivity contribution in [2.75, 3.05) is 20.8 Å². The number of rotatable bonds is 6. The summed E-state index contributed by atoms with van der Waals surface area (Å²) in [5.74, 6) is 1.08. The van der Waals surface area contributed by atoms with Gasteiger partial charge in [0.2, 0.25) is 6.54 Å². The summed E-state index contributed by atoms with van der Waals surface area (Å²) in [4.78, 5) is 10.5. The molecule has 1 atom stereocenters. The minimum absolute atomic E-state index is 0.247. The summed E-state index contributed by atoms with van der Waals surface area (Å²) in [6.07, 6.45) is 0. The van der Waals surface area contributed by atoms with Gasteiger partial charge in [-0.05, 0) is 23.8 Å². The summed E-state index contributed by atoms with van der Waals surface area (Å²) in [7, 11) is 3.05. The van der Waals surface area contributed by atoms with E-state index >= 15 is 0 Å². The lowest BCUT2D eigenvalue weighted by atomic mass is 9.96. The third-order valence-electron chi connectivity index (χ3n) is 3.00. The van der Waals surface area contributed by atoms with E-state index in [-0.39, 0.29) is 11.5 Å². The number of furan rings is 1. The fourth-order valence-corrected chi connectivity index (χ4v) is 1.98. The van der Waals surface area contributed by atoms with E-state index in [1.807, 2.05) is 0 Å². The average Bonchev–Trinajstić information content (AvgIpc) is 2.93. The Balaban J connectivity index is 2.32. The molecular weight excluding hydrogens is 262 g/mol. The Labute approximate surface area is 116 Å². The molecule has 0 spiro atoms. The molecule has 6 heteroatoms. The van der Waals surface area contributed by atoms with Gasteiger partial charge in [0.05, 0.1) is 14.2 Å². The molecule has 0 aliphatic carbocycles. The normalized spacial score (nSPS) is 11.9. The molecule has 1 heterocycles. The van der Waals surface area contributed by atoms with Gasteiger partial charge in [-0.2, -0.15) is 0 Å². The zero-order valence-electron chi connectivity index (χ0n) is 11.2. The number of benzene rings is 1. The monoisotopic (exact) mass is 277 g/mol. The fraction of sp³-hybridized carbons (Fsp3) is 0.286. The number of nitrogens with zero attached hydrogens (tertiary/aromatic N) is 1. The maximum absolute atomic E-state index is 10.9. The molecule has 0 fully saturated rings. The van der Waals surface area contributed by atoms with E-state index in [9.17, 15) is 10.1 Å². The lowest BCUT2D eigenvalue weighted by Crippen LogP contribution is -2.13. The van der Waals surface area contributed by atoms with Crippen LogP contribution in [0.5, 0.6) is 11.7 Å². The molecule has 2 aromatic rings. The van der Waals surface area contributed by atoms with Crippen LogP contribution in [0.4, 0.5) is 0 Å². The van der Waals surface area contributed by atoms with E-state index in [4.69, 9.17) is 13.9 Å². The van der Waals surface area contributed by atoms with E-state index in [1.54, 1.807) is 43.5 Å². The molecule has 2 rings (SSSR count). The summed E-state index contributed by atoms with van der Waals surface area (Å²) in [6, 6.07) is 10.5. The number of nitro groups is 1. The standard InChI is InChI=1S/C14H15NO5/c1-18-11-5-3-10(4-6-11)12(9-15(16)17)13-7-8-14(19-2)20-13/h3-8,12H,9H2,1-2H3/t12-/m0/s1. The Morgan fingerprint density at radius 3 is 2.35 bits per heavy atom. The summed E-state index contributed by atoms with van der Waals surface area (Å²) < 4.78 is 15.5. The van der Waals surface area contributed by atoms with Crippen LogP contribution >= 0.6 is 0 Å². The lowest BCUT2D eigenvalue weighted by molar-refractivity contribution is -0.482. The van der Waals surface area contributed by atoms with Crippen molar-refractivity contribution in [1.29, 1.82) is 0 Å². The quantitative estimate of drug-likeness (QED) is 0.599. The van der Waals surface area contributed by atoms with Crippen LogP contribution < -0.4 is 9.47 Å². The number of hydrogen-bond acceptors (Lipinski definition) is 5. The fourth-order valence-electron chi connectivity index (χ4n) is 1.98. The molecule has 0 saturated heterocycles.